The van der Waals surface area contributed by atoms with E-state index in [0.717, 1.165) is 12.1 Å². The molecular weight excluding hydrogens is 516 g/mol. The van der Waals surface area contributed by atoms with E-state index in [-0.39, 0.29) is 64.2 Å². The lowest BCUT2D eigenvalue weighted by Crippen LogP contribution is -2.41. The van der Waals surface area contributed by atoms with Gasteiger partial charge < -0.3 is 20.8 Å². The highest BCUT2D eigenvalue weighted by molar-refractivity contribution is 7.91. The topological polar surface area (TPSA) is 131 Å². The number of H-pyrrole nitrogens is 1. The first-order chi connectivity index (χ1) is 18.2. The van der Waals surface area contributed by atoms with Gasteiger partial charge in [0.2, 0.25) is 15.7 Å². The van der Waals surface area contributed by atoms with Crippen LogP contribution in [0.1, 0.15) is 32.7 Å². The average molecular weight is 540 g/mol. The molecule has 0 radical (unpaired) electrons. The van der Waals surface area contributed by atoms with Gasteiger partial charge in [0.05, 0.1) is 10.5 Å². The van der Waals surface area contributed by atoms with E-state index in [0.29, 0.717) is 11.1 Å². The highest BCUT2D eigenvalue weighted by Crippen LogP contribution is 2.33. The number of fused-ring (bicyclic) bond motifs is 2. The second-order valence-electron chi connectivity index (χ2n) is 8.94. The molecule has 1 aliphatic rings. The summed E-state index contributed by atoms with van der Waals surface area (Å²) in [4.78, 5) is 27.9. The van der Waals surface area contributed by atoms with Gasteiger partial charge in [-0.1, -0.05) is 18.2 Å². The van der Waals surface area contributed by atoms with Gasteiger partial charge in [-0.05, 0) is 48.9 Å². The third-order valence-corrected chi connectivity index (χ3v) is 8.21. The van der Waals surface area contributed by atoms with Crippen LogP contribution in [0.2, 0.25) is 0 Å². The third-order valence-electron chi connectivity index (χ3n) is 6.47. The number of nitrogens with two attached hydrogens (primary N) is 1. The van der Waals surface area contributed by atoms with Crippen molar-refractivity contribution in [2.75, 3.05) is 13.2 Å². The fraction of sp³-hybridized carbons (Fsp3) is 0.185. The fourth-order valence-electron chi connectivity index (χ4n) is 4.66. The molecule has 11 heteroatoms. The Morgan fingerprint density at radius 2 is 1.84 bits per heavy atom. The Kier molecular flexibility index (Phi) is 6.72. The summed E-state index contributed by atoms with van der Waals surface area (Å²) in [5.41, 5.74) is 6.11. The van der Waals surface area contributed by atoms with E-state index < -0.39 is 33.2 Å². The van der Waals surface area contributed by atoms with Gasteiger partial charge in [-0.15, -0.1) is 0 Å². The molecule has 196 valence electrons. The molecule has 0 spiro atoms. The van der Waals surface area contributed by atoms with E-state index in [1.54, 1.807) is 18.2 Å². The molecule has 4 N–H and O–H groups in total. The normalized spacial score (nSPS) is 15.2. The summed E-state index contributed by atoms with van der Waals surface area (Å²) in [6.07, 6.45) is 0.126. The number of nitrogens with one attached hydrogen (secondary N) is 2. The lowest BCUT2D eigenvalue weighted by Gasteiger charge is -2.27. The number of rotatable bonds is 8. The first kappa shape index (κ1) is 25.6. The van der Waals surface area contributed by atoms with Crippen LogP contribution < -0.4 is 15.8 Å². The Balaban J connectivity index is 1.38. The van der Waals surface area contributed by atoms with Gasteiger partial charge in [0.15, 0.2) is 17.3 Å². The zero-order chi connectivity index (χ0) is 27.0. The highest BCUT2D eigenvalue weighted by Gasteiger charge is 2.30. The van der Waals surface area contributed by atoms with Crippen LogP contribution >= 0.6 is 0 Å². The number of ether oxygens (including phenoxy) is 1. The third kappa shape index (κ3) is 4.66. The Hall–Kier alpha value is -4.09. The molecule has 0 saturated heterocycles. The van der Waals surface area contributed by atoms with E-state index in [4.69, 9.17) is 10.5 Å². The van der Waals surface area contributed by atoms with Crippen molar-refractivity contribution in [1.29, 1.82) is 0 Å². The molecule has 1 unspecified atom stereocenters. The molecule has 1 aliphatic heterocycles. The Morgan fingerprint density at radius 3 is 2.58 bits per heavy atom. The smallest absolute Gasteiger partial charge is 0.249 e. The molecule has 0 bridgehead atoms. The van der Waals surface area contributed by atoms with Crippen molar-refractivity contribution in [1.82, 2.24) is 10.3 Å². The minimum atomic E-state index is -4.10. The van der Waals surface area contributed by atoms with Crippen LogP contribution in [-0.2, 0) is 16.3 Å². The average Bonchev–Trinajstić information content (AvgIpc) is 3.29. The Morgan fingerprint density at radius 1 is 1.08 bits per heavy atom. The minimum Gasteiger partial charge on any atom is -0.489 e. The zero-order valence-electron chi connectivity index (χ0n) is 20.0. The van der Waals surface area contributed by atoms with Gasteiger partial charge in [0.1, 0.15) is 17.5 Å². The van der Waals surface area contributed by atoms with Crippen molar-refractivity contribution in [2.45, 2.75) is 28.8 Å². The summed E-state index contributed by atoms with van der Waals surface area (Å²) in [6.45, 7) is 0.211. The maximum Gasteiger partial charge on any atom is 0.249 e. The predicted octanol–water partition coefficient (Wildman–Crippen LogP) is 3.54. The SMILES string of the molecule is NC(=O)c1ccc(F)c2c1CC(NCCC(=O)c1c(S(=O)(=O)c3ccccc3)[nH]c3ccc(F)cc13)CO2. The van der Waals surface area contributed by atoms with Crippen LogP contribution in [0.3, 0.4) is 0 Å². The van der Waals surface area contributed by atoms with Crippen LogP contribution in [-0.4, -0.2) is 44.3 Å². The van der Waals surface area contributed by atoms with E-state index in [1.807, 2.05) is 0 Å². The molecule has 1 amide bonds. The van der Waals surface area contributed by atoms with Crippen LogP contribution in [0.15, 0.2) is 70.6 Å². The van der Waals surface area contributed by atoms with E-state index in [1.165, 1.54) is 30.3 Å². The molecular formula is C27H23F2N3O5S. The fourth-order valence-corrected chi connectivity index (χ4v) is 6.15. The monoisotopic (exact) mass is 539 g/mol. The van der Waals surface area contributed by atoms with Crippen LogP contribution in [0, 0.1) is 11.6 Å². The van der Waals surface area contributed by atoms with E-state index in [9.17, 15) is 26.8 Å². The molecule has 38 heavy (non-hydrogen) atoms. The molecule has 1 atom stereocenters. The highest BCUT2D eigenvalue weighted by atomic mass is 32.2. The number of amides is 1. The molecule has 5 rings (SSSR count). The Labute approximate surface area is 216 Å². The second-order valence-corrected chi connectivity index (χ2v) is 10.8. The van der Waals surface area contributed by atoms with Crippen molar-refractivity contribution >= 4 is 32.4 Å². The van der Waals surface area contributed by atoms with Gasteiger partial charge in [0.25, 0.3) is 0 Å². The zero-order valence-corrected chi connectivity index (χ0v) is 20.8. The number of aromatic amines is 1. The molecule has 8 nitrogen and oxygen atoms in total. The summed E-state index contributed by atoms with van der Waals surface area (Å²) in [5.74, 6) is -2.45. The first-order valence-electron chi connectivity index (χ1n) is 11.8. The van der Waals surface area contributed by atoms with Gasteiger partial charge in [-0.25, -0.2) is 17.2 Å². The molecule has 4 aromatic rings. The van der Waals surface area contributed by atoms with Gasteiger partial charge in [-0.3, -0.25) is 9.59 Å². The van der Waals surface area contributed by atoms with E-state index in [2.05, 4.69) is 10.3 Å². The number of carbonyl (C=O) groups excluding carboxylic acids is 2. The number of aromatic nitrogens is 1. The van der Waals surface area contributed by atoms with Crippen molar-refractivity contribution in [2.24, 2.45) is 5.73 Å². The number of hydrogen-bond acceptors (Lipinski definition) is 6. The van der Waals surface area contributed by atoms with Crippen LogP contribution in [0.25, 0.3) is 10.9 Å². The van der Waals surface area contributed by atoms with Crippen LogP contribution in [0.5, 0.6) is 5.75 Å². The number of ketones is 1. The predicted molar refractivity (Wildman–Crippen MR) is 135 cm³/mol. The molecule has 0 saturated carbocycles. The summed E-state index contributed by atoms with van der Waals surface area (Å²) in [7, 11) is -4.10. The van der Waals surface area contributed by atoms with Crippen molar-refractivity contribution in [3.8, 4) is 5.75 Å². The van der Waals surface area contributed by atoms with Crippen molar-refractivity contribution < 1.29 is 31.5 Å². The number of sulfone groups is 1. The van der Waals surface area contributed by atoms with Crippen molar-refractivity contribution in [3.63, 3.8) is 0 Å². The summed E-state index contributed by atoms with van der Waals surface area (Å²) in [6, 6.07) is 13.4. The van der Waals surface area contributed by atoms with Crippen molar-refractivity contribution in [3.05, 3.63) is 89.0 Å². The number of Topliss-reactive ketones (excluding diaryl/α,β-unsaturated/α-hetero) is 1. The number of carbonyl (C=O) groups is 2. The first-order valence-corrected chi connectivity index (χ1v) is 13.3. The molecule has 0 fully saturated rings. The standard InChI is InChI=1S/C27H23F2N3O5S/c28-15-6-9-22-20(12-15)24(27(32-22)38(35,36)17-4-2-1-3-5-17)23(33)10-11-31-16-13-19-18(26(30)34)7-8-21(29)25(19)37-14-16/h1-9,12,16,31-32H,10-11,13-14H2,(H2,30,34). The largest absolute Gasteiger partial charge is 0.489 e. The molecule has 0 aliphatic carbocycles. The van der Waals surface area contributed by atoms with E-state index >= 15 is 0 Å². The minimum absolute atomic E-state index is 0.00490. The molecule has 2 heterocycles. The summed E-state index contributed by atoms with van der Waals surface area (Å²) < 4.78 is 60.5. The lowest BCUT2D eigenvalue weighted by atomic mass is 9.96. The van der Waals surface area contributed by atoms with Gasteiger partial charge in [-0.2, -0.15) is 0 Å². The molecule has 3 aromatic carbocycles. The molecule has 1 aromatic heterocycles. The number of benzene rings is 3. The van der Waals surface area contributed by atoms with Gasteiger partial charge in [0, 0.05) is 41.0 Å². The lowest BCUT2D eigenvalue weighted by molar-refractivity contribution is 0.0977. The number of primary amides is 1. The summed E-state index contributed by atoms with van der Waals surface area (Å²) >= 11 is 0. The van der Waals surface area contributed by atoms with Crippen LogP contribution in [0.4, 0.5) is 8.78 Å². The quantitative estimate of drug-likeness (QED) is 0.294. The number of hydrogen-bond donors (Lipinski definition) is 3. The maximum absolute atomic E-state index is 14.1. The Bertz CT molecular complexity index is 1670. The second kappa shape index (κ2) is 9.99. The van der Waals surface area contributed by atoms with Gasteiger partial charge >= 0.3 is 0 Å². The maximum atomic E-state index is 14.1. The summed E-state index contributed by atoms with van der Waals surface area (Å²) in [5, 5.41) is 3.00. The number of halogens is 2.